The van der Waals surface area contributed by atoms with E-state index < -0.39 is 0 Å². The molecular weight excluding hydrogens is 318 g/mol. The first-order valence-electron chi connectivity index (χ1n) is 6.42. The molecule has 4 nitrogen and oxygen atoms in total. The molecule has 2 aliphatic rings. The van der Waals surface area contributed by atoms with E-state index in [1.165, 1.54) is 12.2 Å². The minimum absolute atomic E-state index is 0. The predicted octanol–water partition coefficient (Wildman–Crippen LogP) is 1.32. The maximum absolute atomic E-state index is 11.4. The van der Waals surface area contributed by atoms with Crippen LogP contribution in [0.5, 0.6) is 0 Å². The van der Waals surface area contributed by atoms with E-state index in [1.807, 2.05) is 12.2 Å². The van der Waals surface area contributed by atoms with E-state index in [0.29, 0.717) is 24.2 Å². The van der Waals surface area contributed by atoms with Gasteiger partial charge in [0, 0.05) is 56.1 Å². The Morgan fingerprint density at radius 2 is 1.10 bits per heavy atom. The number of hydrogen-bond donors (Lipinski definition) is 2. The van der Waals surface area contributed by atoms with Crippen molar-refractivity contribution in [3.63, 3.8) is 0 Å². The van der Waals surface area contributed by atoms with Crippen LogP contribution in [-0.2, 0) is 29.1 Å². The Morgan fingerprint density at radius 3 is 1.48 bits per heavy atom. The van der Waals surface area contributed by atoms with Gasteiger partial charge in [-0.15, -0.1) is 0 Å². The van der Waals surface area contributed by atoms with Crippen molar-refractivity contribution >= 4 is 11.6 Å². The van der Waals surface area contributed by atoms with Crippen molar-refractivity contribution in [2.45, 2.75) is 0 Å². The van der Waals surface area contributed by atoms with Crippen LogP contribution < -0.4 is 10.6 Å². The third-order valence-corrected chi connectivity index (χ3v) is 2.77. The van der Waals surface area contributed by atoms with Crippen LogP contribution in [0.2, 0.25) is 0 Å². The van der Waals surface area contributed by atoms with Gasteiger partial charge in [-0.1, -0.05) is 24.3 Å². The largest absolute Gasteiger partial charge is 0.389 e. The van der Waals surface area contributed by atoms with Crippen molar-refractivity contribution in [3.8, 4) is 0 Å². The molecule has 104 valence electrons. The smallest absolute Gasteiger partial charge is 0.187 e. The molecule has 2 aliphatic carbocycles. The van der Waals surface area contributed by atoms with Crippen LogP contribution in [0.4, 0.5) is 0 Å². The number of hydrogen-bond acceptors (Lipinski definition) is 4. The third kappa shape index (κ3) is 5.48. The van der Waals surface area contributed by atoms with E-state index in [2.05, 4.69) is 10.6 Å². The molecule has 0 aliphatic heterocycles. The molecule has 0 bridgehead atoms. The van der Waals surface area contributed by atoms with Gasteiger partial charge in [-0.25, -0.2) is 0 Å². The summed E-state index contributed by atoms with van der Waals surface area (Å²) in [5.41, 5.74) is 1.28. The SMILES string of the molecule is O=C1C=CC=CC1=CNCCNC=C1C=CC=CC1=O.[Zn]. The summed E-state index contributed by atoms with van der Waals surface area (Å²) >= 11 is 0. The minimum Gasteiger partial charge on any atom is -0.389 e. The zero-order valence-electron chi connectivity index (χ0n) is 11.7. The van der Waals surface area contributed by atoms with Crippen LogP contribution in [0.3, 0.4) is 0 Å². The molecule has 0 spiro atoms. The fourth-order valence-corrected chi connectivity index (χ4v) is 1.71. The molecule has 0 aromatic heterocycles. The second-order valence-corrected chi connectivity index (χ2v) is 4.27. The van der Waals surface area contributed by atoms with Gasteiger partial charge in [0.15, 0.2) is 11.6 Å². The molecule has 5 heteroatoms. The number of allylic oxidation sites excluding steroid dienone is 10. The monoisotopic (exact) mass is 332 g/mol. The molecule has 0 heterocycles. The van der Waals surface area contributed by atoms with E-state index in [4.69, 9.17) is 0 Å². The van der Waals surface area contributed by atoms with Crippen molar-refractivity contribution in [1.82, 2.24) is 10.6 Å². The Labute approximate surface area is 136 Å². The maximum atomic E-state index is 11.4. The molecule has 0 aromatic rings. The van der Waals surface area contributed by atoms with Gasteiger partial charge >= 0.3 is 0 Å². The summed E-state index contributed by atoms with van der Waals surface area (Å²) in [6, 6.07) is 0. The van der Waals surface area contributed by atoms with Gasteiger partial charge in [0.2, 0.25) is 0 Å². The first-order valence-corrected chi connectivity index (χ1v) is 6.42. The molecule has 0 fully saturated rings. The summed E-state index contributed by atoms with van der Waals surface area (Å²) in [5, 5.41) is 6.12. The van der Waals surface area contributed by atoms with Gasteiger partial charge in [0.25, 0.3) is 0 Å². The summed E-state index contributed by atoms with van der Waals surface area (Å²) in [5.74, 6) is -0.000363. The maximum Gasteiger partial charge on any atom is 0.187 e. The number of nitrogens with one attached hydrogen (secondary N) is 2. The van der Waals surface area contributed by atoms with Gasteiger partial charge in [-0.3, -0.25) is 9.59 Å². The second kappa shape index (κ2) is 9.03. The van der Waals surface area contributed by atoms with Gasteiger partial charge in [0.05, 0.1) is 0 Å². The number of carbonyl (C=O) groups excluding carboxylic acids is 2. The van der Waals surface area contributed by atoms with E-state index in [1.54, 1.807) is 36.7 Å². The number of carbonyl (C=O) groups is 2. The molecular formula is C16H16N2O2Zn. The third-order valence-electron chi connectivity index (χ3n) is 2.77. The average molecular weight is 334 g/mol. The van der Waals surface area contributed by atoms with Crippen LogP contribution in [0.1, 0.15) is 0 Å². The summed E-state index contributed by atoms with van der Waals surface area (Å²) in [4.78, 5) is 22.9. The zero-order chi connectivity index (χ0) is 14.2. The fraction of sp³-hybridized carbons (Fsp3) is 0.125. The summed E-state index contributed by atoms with van der Waals surface area (Å²) in [6.45, 7) is 1.32. The summed E-state index contributed by atoms with van der Waals surface area (Å²) in [7, 11) is 0. The van der Waals surface area contributed by atoms with Gasteiger partial charge in [-0.2, -0.15) is 0 Å². The molecule has 0 aromatic carbocycles. The first kappa shape index (κ1) is 17.1. The molecule has 21 heavy (non-hydrogen) atoms. The van der Waals surface area contributed by atoms with Crippen LogP contribution in [0.15, 0.2) is 72.2 Å². The second-order valence-electron chi connectivity index (χ2n) is 4.27. The number of ketones is 2. The molecule has 2 N–H and O–H groups in total. The summed E-state index contributed by atoms with van der Waals surface area (Å²) < 4.78 is 0. The first-order chi connectivity index (χ1) is 9.77. The van der Waals surface area contributed by atoms with Crippen LogP contribution in [0.25, 0.3) is 0 Å². The molecule has 0 unspecified atom stereocenters. The quantitative estimate of drug-likeness (QED) is 0.453. The Balaban J connectivity index is 0.00000220. The molecule has 0 saturated heterocycles. The number of rotatable bonds is 5. The Hall–Kier alpha value is -2.00. The van der Waals surface area contributed by atoms with Crippen LogP contribution >= 0.6 is 0 Å². The van der Waals surface area contributed by atoms with Crippen LogP contribution in [-0.4, -0.2) is 24.7 Å². The predicted molar refractivity (Wildman–Crippen MR) is 78.7 cm³/mol. The van der Waals surface area contributed by atoms with Crippen LogP contribution in [0, 0.1) is 0 Å². The minimum atomic E-state index is -0.000182. The topological polar surface area (TPSA) is 58.2 Å². The summed E-state index contributed by atoms with van der Waals surface area (Å²) in [6.07, 6.45) is 17.1. The average Bonchev–Trinajstić information content (AvgIpc) is 2.46. The van der Waals surface area contributed by atoms with Crippen molar-refractivity contribution in [2.24, 2.45) is 0 Å². The fourth-order valence-electron chi connectivity index (χ4n) is 1.71. The van der Waals surface area contributed by atoms with E-state index >= 15 is 0 Å². The van der Waals surface area contributed by atoms with Gasteiger partial charge in [0.1, 0.15) is 0 Å². The van der Waals surface area contributed by atoms with E-state index in [-0.39, 0.29) is 31.0 Å². The standard InChI is InChI=1S/C16H16N2O2.Zn/c19-15-7-3-1-5-13(15)11-17-9-10-18-12-14-6-2-4-8-16(14)20;/h1-8,11-12,17-18H,9-10H2;. The van der Waals surface area contributed by atoms with Crippen molar-refractivity contribution in [1.29, 1.82) is 0 Å². The van der Waals surface area contributed by atoms with Gasteiger partial charge < -0.3 is 10.6 Å². The van der Waals surface area contributed by atoms with Gasteiger partial charge in [-0.05, 0) is 24.3 Å². The Morgan fingerprint density at radius 1 is 0.714 bits per heavy atom. The normalized spacial score (nSPS) is 20.0. The zero-order valence-corrected chi connectivity index (χ0v) is 14.7. The van der Waals surface area contributed by atoms with E-state index in [9.17, 15) is 9.59 Å². The molecule has 2 rings (SSSR count). The van der Waals surface area contributed by atoms with Crippen molar-refractivity contribution < 1.29 is 29.1 Å². The molecule has 0 saturated carbocycles. The molecule has 0 atom stereocenters. The van der Waals surface area contributed by atoms with Crippen molar-refractivity contribution in [2.75, 3.05) is 13.1 Å². The molecule has 0 radical (unpaired) electrons. The van der Waals surface area contributed by atoms with Crippen molar-refractivity contribution in [3.05, 3.63) is 72.2 Å². The Kier molecular flexibility index (Phi) is 7.34. The molecule has 0 amide bonds. The Bertz CT molecular complexity index is 529. The van der Waals surface area contributed by atoms with E-state index in [0.717, 1.165) is 0 Å².